The molecule has 1 amide bonds. The maximum atomic E-state index is 12.6. The normalized spacial score (nSPS) is 18.1. The summed E-state index contributed by atoms with van der Waals surface area (Å²) in [5, 5.41) is 4.37. The molecule has 0 saturated carbocycles. The maximum Gasteiger partial charge on any atom is 0.228 e. The standard InChI is InChI=1S/C20H22Cl2N2O/c1-14-4-2-6-18(10-14)23-20(25)16-5-3-9-24(13-16)12-15-7-8-17(21)11-19(15)22/h2,4,6-8,10-11,16H,3,5,9,12-13H2,1H3,(H,23,25). The van der Waals surface area contributed by atoms with Crippen LogP contribution in [0.5, 0.6) is 0 Å². The van der Waals surface area contributed by atoms with Crippen LogP contribution in [0.3, 0.4) is 0 Å². The van der Waals surface area contributed by atoms with Crippen molar-refractivity contribution in [3.63, 3.8) is 0 Å². The molecule has 0 aromatic heterocycles. The van der Waals surface area contributed by atoms with E-state index in [2.05, 4.69) is 10.2 Å². The molecule has 1 heterocycles. The van der Waals surface area contributed by atoms with Crippen molar-refractivity contribution in [2.45, 2.75) is 26.3 Å². The molecule has 1 N–H and O–H groups in total. The van der Waals surface area contributed by atoms with E-state index in [1.54, 1.807) is 6.07 Å². The van der Waals surface area contributed by atoms with Crippen molar-refractivity contribution in [2.24, 2.45) is 5.92 Å². The van der Waals surface area contributed by atoms with Gasteiger partial charge in [-0.3, -0.25) is 9.69 Å². The van der Waals surface area contributed by atoms with E-state index in [9.17, 15) is 4.79 Å². The Labute approximate surface area is 158 Å². The van der Waals surface area contributed by atoms with E-state index >= 15 is 0 Å². The summed E-state index contributed by atoms with van der Waals surface area (Å²) < 4.78 is 0. The third-order valence-corrected chi connectivity index (χ3v) is 5.16. The van der Waals surface area contributed by atoms with Crippen LogP contribution in [0.4, 0.5) is 5.69 Å². The van der Waals surface area contributed by atoms with Gasteiger partial charge in [0.2, 0.25) is 5.91 Å². The van der Waals surface area contributed by atoms with Crippen LogP contribution >= 0.6 is 23.2 Å². The maximum absolute atomic E-state index is 12.6. The Bertz CT molecular complexity index is 763. The number of anilines is 1. The molecule has 0 spiro atoms. The number of nitrogens with one attached hydrogen (secondary N) is 1. The van der Waals surface area contributed by atoms with Crippen LogP contribution in [0.2, 0.25) is 10.0 Å². The molecule has 5 heteroatoms. The number of hydrogen-bond acceptors (Lipinski definition) is 2. The third kappa shape index (κ3) is 4.97. The zero-order chi connectivity index (χ0) is 17.8. The molecule has 0 aliphatic carbocycles. The van der Waals surface area contributed by atoms with Crippen LogP contribution in [0.25, 0.3) is 0 Å². The first kappa shape index (κ1) is 18.2. The number of nitrogens with zero attached hydrogens (tertiary/aromatic N) is 1. The fourth-order valence-corrected chi connectivity index (χ4v) is 3.74. The number of amides is 1. The number of halogens is 2. The fourth-order valence-electron chi connectivity index (χ4n) is 3.27. The second kappa shape index (κ2) is 8.22. The first-order valence-electron chi connectivity index (χ1n) is 8.55. The number of aryl methyl sites for hydroxylation is 1. The molecule has 2 aromatic carbocycles. The van der Waals surface area contributed by atoms with Gasteiger partial charge in [0.25, 0.3) is 0 Å². The van der Waals surface area contributed by atoms with Gasteiger partial charge in [0.15, 0.2) is 0 Å². The number of piperidine rings is 1. The molecule has 1 fully saturated rings. The van der Waals surface area contributed by atoms with Gasteiger partial charge >= 0.3 is 0 Å². The molecule has 0 bridgehead atoms. The zero-order valence-electron chi connectivity index (χ0n) is 14.3. The summed E-state index contributed by atoms with van der Waals surface area (Å²) in [6.07, 6.45) is 1.93. The van der Waals surface area contributed by atoms with Crippen molar-refractivity contribution in [1.82, 2.24) is 4.90 Å². The minimum atomic E-state index is 0.000313. The molecule has 3 nitrogen and oxygen atoms in total. The molecular weight excluding hydrogens is 355 g/mol. The largest absolute Gasteiger partial charge is 0.326 e. The second-order valence-corrected chi connectivity index (χ2v) is 7.51. The molecule has 1 aliphatic rings. The third-order valence-electron chi connectivity index (χ3n) is 4.57. The van der Waals surface area contributed by atoms with Gasteiger partial charge in [-0.15, -0.1) is 0 Å². The molecule has 25 heavy (non-hydrogen) atoms. The fraction of sp³-hybridized carbons (Fsp3) is 0.350. The molecule has 1 unspecified atom stereocenters. The number of carbonyl (C=O) groups excluding carboxylic acids is 1. The summed E-state index contributed by atoms with van der Waals surface area (Å²) in [7, 11) is 0. The summed E-state index contributed by atoms with van der Waals surface area (Å²) >= 11 is 12.2. The van der Waals surface area contributed by atoms with E-state index in [1.807, 2.05) is 43.3 Å². The van der Waals surface area contributed by atoms with Gasteiger partial charge in [-0.1, -0.05) is 41.4 Å². The monoisotopic (exact) mass is 376 g/mol. The minimum absolute atomic E-state index is 0.000313. The number of hydrogen-bond donors (Lipinski definition) is 1. The van der Waals surface area contributed by atoms with Gasteiger partial charge in [-0.25, -0.2) is 0 Å². The Morgan fingerprint density at radius 1 is 1.24 bits per heavy atom. The Morgan fingerprint density at radius 2 is 2.08 bits per heavy atom. The van der Waals surface area contributed by atoms with Crippen molar-refractivity contribution in [3.8, 4) is 0 Å². The molecular formula is C20H22Cl2N2O. The predicted octanol–water partition coefficient (Wildman–Crippen LogP) is 5.15. The average Bonchev–Trinajstić information content (AvgIpc) is 2.58. The van der Waals surface area contributed by atoms with Crippen LogP contribution in [0.15, 0.2) is 42.5 Å². The summed E-state index contributed by atoms with van der Waals surface area (Å²) in [4.78, 5) is 14.9. The van der Waals surface area contributed by atoms with E-state index in [0.29, 0.717) is 10.0 Å². The highest BCUT2D eigenvalue weighted by molar-refractivity contribution is 6.35. The quantitative estimate of drug-likeness (QED) is 0.799. The van der Waals surface area contributed by atoms with Crippen LogP contribution in [-0.2, 0) is 11.3 Å². The zero-order valence-corrected chi connectivity index (χ0v) is 15.8. The van der Waals surface area contributed by atoms with E-state index in [4.69, 9.17) is 23.2 Å². The van der Waals surface area contributed by atoms with E-state index < -0.39 is 0 Å². The lowest BCUT2D eigenvalue weighted by Gasteiger charge is -2.32. The lowest BCUT2D eigenvalue weighted by molar-refractivity contribution is -0.121. The topological polar surface area (TPSA) is 32.3 Å². The van der Waals surface area contributed by atoms with Crippen LogP contribution < -0.4 is 5.32 Å². The highest BCUT2D eigenvalue weighted by atomic mass is 35.5. The van der Waals surface area contributed by atoms with Crippen molar-refractivity contribution in [1.29, 1.82) is 0 Å². The Balaban J connectivity index is 1.61. The smallest absolute Gasteiger partial charge is 0.228 e. The summed E-state index contributed by atoms with van der Waals surface area (Å²) in [5.74, 6) is 0.0952. The Morgan fingerprint density at radius 3 is 2.84 bits per heavy atom. The summed E-state index contributed by atoms with van der Waals surface area (Å²) in [5.41, 5.74) is 3.05. The molecule has 3 rings (SSSR count). The Hall–Kier alpha value is -1.55. The van der Waals surface area contributed by atoms with Gasteiger partial charge in [-0.05, 0) is 61.7 Å². The van der Waals surface area contributed by atoms with Crippen molar-refractivity contribution in [2.75, 3.05) is 18.4 Å². The van der Waals surface area contributed by atoms with E-state index in [-0.39, 0.29) is 11.8 Å². The summed E-state index contributed by atoms with van der Waals surface area (Å²) in [6.45, 7) is 4.49. The van der Waals surface area contributed by atoms with Gasteiger partial charge in [0.1, 0.15) is 0 Å². The van der Waals surface area contributed by atoms with Crippen LogP contribution in [-0.4, -0.2) is 23.9 Å². The molecule has 1 aliphatic heterocycles. The lowest BCUT2D eigenvalue weighted by atomic mass is 9.96. The minimum Gasteiger partial charge on any atom is -0.326 e. The molecule has 1 saturated heterocycles. The van der Waals surface area contributed by atoms with Gasteiger partial charge in [0.05, 0.1) is 5.92 Å². The van der Waals surface area contributed by atoms with Crippen molar-refractivity contribution < 1.29 is 4.79 Å². The van der Waals surface area contributed by atoms with E-state index in [1.165, 1.54) is 0 Å². The summed E-state index contributed by atoms with van der Waals surface area (Å²) in [6, 6.07) is 13.5. The molecule has 0 radical (unpaired) electrons. The molecule has 132 valence electrons. The first-order chi connectivity index (χ1) is 12.0. The number of carbonyl (C=O) groups is 1. The molecule has 1 atom stereocenters. The molecule has 2 aromatic rings. The Kier molecular flexibility index (Phi) is 6.00. The first-order valence-corrected chi connectivity index (χ1v) is 9.30. The van der Waals surface area contributed by atoms with Crippen LogP contribution in [0.1, 0.15) is 24.0 Å². The SMILES string of the molecule is Cc1cccc(NC(=O)C2CCCN(Cc3ccc(Cl)cc3Cl)C2)c1. The lowest BCUT2D eigenvalue weighted by Crippen LogP contribution is -2.40. The number of rotatable bonds is 4. The number of benzene rings is 2. The van der Waals surface area contributed by atoms with E-state index in [0.717, 1.165) is 49.3 Å². The average molecular weight is 377 g/mol. The highest BCUT2D eigenvalue weighted by Gasteiger charge is 2.26. The van der Waals surface area contributed by atoms with Gasteiger partial charge in [-0.2, -0.15) is 0 Å². The highest BCUT2D eigenvalue weighted by Crippen LogP contribution is 2.25. The van der Waals surface area contributed by atoms with Crippen LogP contribution in [0, 0.1) is 12.8 Å². The van der Waals surface area contributed by atoms with Crippen molar-refractivity contribution >= 4 is 34.8 Å². The van der Waals surface area contributed by atoms with Gasteiger partial charge in [0, 0.05) is 28.8 Å². The predicted molar refractivity (Wildman–Crippen MR) is 104 cm³/mol. The number of likely N-dealkylation sites (tertiary alicyclic amines) is 1. The second-order valence-electron chi connectivity index (χ2n) is 6.67. The van der Waals surface area contributed by atoms with Crippen molar-refractivity contribution in [3.05, 3.63) is 63.6 Å². The van der Waals surface area contributed by atoms with Gasteiger partial charge < -0.3 is 5.32 Å².